The number of hydrogen-bond acceptors (Lipinski definition) is 2. The molecule has 3 aromatic rings. The molecule has 0 saturated heterocycles. The van der Waals surface area contributed by atoms with Crippen molar-refractivity contribution in [3.05, 3.63) is 47.2 Å². The highest BCUT2D eigenvalue weighted by Crippen LogP contribution is 2.26. The summed E-state index contributed by atoms with van der Waals surface area (Å²) in [5.74, 6) is 0.857. The lowest BCUT2D eigenvalue weighted by Gasteiger charge is -1.98. The number of halogens is 1. The fourth-order valence-electron chi connectivity index (χ4n) is 1.64. The predicted molar refractivity (Wildman–Crippen MR) is 67.0 cm³/mol. The van der Waals surface area contributed by atoms with Gasteiger partial charge in [0.1, 0.15) is 5.82 Å². The molecular formula is C12H8BrN3. The average molecular weight is 274 g/mol. The molecule has 3 rings (SSSR count). The smallest absolute Gasteiger partial charge is 0.139 e. The summed E-state index contributed by atoms with van der Waals surface area (Å²) < 4.78 is 1.03. The molecule has 0 bridgehead atoms. The second-order valence-corrected chi connectivity index (χ2v) is 4.31. The number of aromatic nitrogens is 3. The van der Waals surface area contributed by atoms with Crippen molar-refractivity contribution in [3.8, 4) is 11.4 Å². The molecule has 0 fully saturated rings. The lowest BCUT2D eigenvalue weighted by atomic mass is 10.2. The first-order valence-electron chi connectivity index (χ1n) is 4.89. The molecule has 2 aromatic heterocycles. The molecule has 0 saturated carbocycles. The van der Waals surface area contributed by atoms with Gasteiger partial charge in [0.25, 0.3) is 0 Å². The van der Waals surface area contributed by atoms with E-state index in [1.165, 1.54) is 0 Å². The maximum absolute atomic E-state index is 4.52. The number of imidazole rings is 1. The van der Waals surface area contributed by atoms with Crippen molar-refractivity contribution in [2.45, 2.75) is 0 Å². The van der Waals surface area contributed by atoms with Gasteiger partial charge in [-0.2, -0.15) is 0 Å². The summed E-state index contributed by atoms with van der Waals surface area (Å²) in [6.45, 7) is 0. The molecule has 1 aromatic carbocycles. The Balaban J connectivity index is 2.23. The van der Waals surface area contributed by atoms with E-state index in [1.54, 1.807) is 12.4 Å². The monoisotopic (exact) mass is 273 g/mol. The van der Waals surface area contributed by atoms with E-state index in [1.807, 2.05) is 30.3 Å². The van der Waals surface area contributed by atoms with Gasteiger partial charge in [-0.15, -0.1) is 0 Å². The highest BCUT2D eigenvalue weighted by molar-refractivity contribution is 9.10. The number of aromatic amines is 1. The summed E-state index contributed by atoms with van der Waals surface area (Å²) in [5, 5.41) is 0. The zero-order chi connectivity index (χ0) is 11.0. The van der Waals surface area contributed by atoms with Crippen LogP contribution in [0.3, 0.4) is 0 Å². The summed E-state index contributed by atoms with van der Waals surface area (Å²) in [7, 11) is 0. The molecule has 16 heavy (non-hydrogen) atoms. The quantitative estimate of drug-likeness (QED) is 0.739. The molecule has 0 aliphatic carbocycles. The molecule has 0 atom stereocenters. The van der Waals surface area contributed by atoms with Crippen LogP contribution in [0.25, 0.3) is 22.4 Å². The minimum absolute atomic E-state index is 0.857. The third-order valence-corrected chi connectivity index (χ3v) is 3.10. The van der Waals surface area contributed by atoms with E-state index < -0.39 is 0 Å². The van der Waals surface area contributed by atoms with Crippen LogP contribution in [0, 0.1) is 0 Å². The van der Waals surface area contributed by atoms with E-state index in [0.29, 0.717) is 0 Å². The molecule has 0 unspecified atom stereocenters. The van der Waals surface area contributed by atoms with E-state index >= 15 is 0 Å². The number of nitrogens with one attached hydrogen (secondary N) is 1. The van der Waals surface area contributed by atoms with Crippen LogP contribution in [0.15, 0.2) is 47.2 Å². The second kappa shape index (κ2) is 3.72. The fourth-order valence-corrected chi connectivity index (χ4v) is 2.11. The van der Waals surface area contributed by atoms with E-state index in [4.69, 9.17) is 0 Å². The summed E-state index contributed by atoms with van der Waals surface area (Å²) in [6.07, 6.45) is 3.52. The van der Waals surface area contributed by atoms with Crippen molar-refractivity contribution in [2.75, 3.05) is 0 Å². The van der Waals surface area contributed by atoms with Crippen molar-refractivity contribution in [2.24, 2.45) is 0 Å². The van der Waals surface area contributed by atoms with Gasteiger partial charge < -0.3 is 4.98 Å². The van der Waals surface area contributed by atoms with Gasteiger partial charge in [0.05, 0.1) is 17.2 Å². The average Bonchev–Trinajstić information content (AvgIpc) is 2.73. The van der Waals surface area contributed by atoms with Gasteiger partial charge >= 0.3 is 0 Å². The zero-order valence-corrected chi connectivity index (χ0v) is 9.90. The molecule has 1 N–H and O–H groups in total. The highest BCUT2D eigenvalue weighted by Gasteiger charge is 2.07. The normalized spacial score (nSPS) is 10.8. The molecule has 2 heterocycles. The molecule has 0 amide bonds. The summed E-state index contributed by atoms with van der Waals surface area (Å²) in [5.41, 5.74) is 2.94. The van der Waals surface area contributed by atoms with Crippen molar-refractivity contribution in [3.63, 3.8) is 0 Å². The molecule has 0 aliphatic rings. The van der Waals surface area contributed by atoms with Crippen molar-refractivity contribution >= 4 is 27.0 Å². The largest absolute Gasteiger partial charge is 0.337 e. The van der Waals surface area contributed by atoms with Gasteiger partial charge in [-0.25, -0.2) is 4.98 Å². The first-order chi connectivity index (χ1) is 7.84. The predicted octanol–water partition coefficient (Wildman–Crippen LogP) is 3.39. The lowest BCUT2D eigenvalue weighted by Crippen LogP contribution is -1.80. The van der Waals surface area contributed by atoms with Crippen molar-refractivity contribution in [1.29, 1.82) is 0 Å². The van der Waals surface area contributed by atoms with Gasteiger partial charge in [-0.1, -0.05) is 34.1 Å². The Kier molecular flexibility index (Phi) is 2.22. The van der Waals surface area contributed by atoms with E-state index in [-0.39, 0.29) is 0 Å². The van der Waals surface area contributed by atoms with Crippen LogP contribution in [0.4, 0.5) is 0 Å². The second-order valence-electron chi connectivity index (χ2n) is 3.46. The van der Waals surface area contributed by atoms with Gasteiger partial charge in [0.2, 0.25) is 0 Å². The van der Waals surface area contributed by atoms with Gasteiger partial charge in [-0.05, 0) is 12.1 Å². The number of fused-ring (bicyclic) bond motifs is 1. The van der Waals surface area contributed by atoms with Crippen LogP contribution in [-0.2, 0) is 0 Å². The minimum Gasteiger partial charge on any atom is -0.337 e. The zero-order valence-electron chi connectivity index (χ0n) is 8.31. The molecule has 0 spiro atoms. The van der Waals surface area contributed by atoms with Crippen LogP contribution in [0.1, 0.15) is 0 Å². The molecule has 0 aliphatic heterocycles. The lowest BCUT2D eigenvalue weighted by molar-refractivity contribution is 1.32. The first-order valence-corrected chi connectivity index (χ1v) is 5.68. The first kappa shape index (κ1) is 9.54. The van der Waals surface area contributed by atoms with Crippen LogP contribution in [-0.4, -0.2) is 15.0 Å². The van der Waals surface area contributed by atoms with Crippen molar-refractivity contribution < 1.29 is 0 Å². The number of rotatable bonds is 1. The van der Waals surface area contributed by atoms with Gasteiger partial charge in [-0.3, -0.25) is 4.98 Å². The maximum Gasteiger partial charge on any atom is 0.139 e. The van der Waals surface area contributed by atoms with Gasteiger partial charge in [0.15, 0.2) is 0 Å². The van der Waals surface area contributed by atoms with Crippen LogP contribution in [0.2, 0.25) is 0 Å². The highest BCUT2D eigenvalue weighted by atomic mass is 79.9. The number of H-pyrrole nitrogens is 1. The third kappa shape index (κ3) is 1.51. The Morgan fingerprint density at radius 1 is 1.12 bits per heavy atom. The number of benzene rings is 1. The summed E-state index contributed by atoms with van der Waals surface area (Å²) >= 11 is 3.51. The Labute approximate surface area is 101 Å². The Morgan fingerprint density at radius 3 is 2.81 bits per heavy atom. The van der Waals surface area contributed by atoms with Gasteiger partial charge in [0, 0.05) is 16.2 Å². The molecule has 0 radical (unpaired) electrons. The molecule has 3 nitrogen and oxygen atoms in total. The van der Waals surface area contributed by atoms with E-state index in [9.17, 15) is 0 Å². The van der Waals surface area contributed by atoms with Crippen LogP contribution < -0.4 is 0 Å². The SMILES string of the molecule is Brc1ccccc1-c1nc2ccncc2[nH]1. The Bertz CT molecular complexity index is 612. The number of nitrogens with zero attached hydrogens (tertiary/aromatic N) is 2. The standard InChI is InChI=1S/C12H8BrN3/c13-9-4-2-1-3-8(9)12-15-10-5-6-14-7-11(10)16-12/h1-7H,(H,15,16). The maximum atomic E-state index is 4.52. The van der Waals surface area contributed by atoms with Crippen LogP contribution >= 0.6 is 15.9 Å². The Hall–Kier alpha value is -1.68. The molecular weight excluding hydrogens is 266 g/mol. The topological polar surface area (TPSA) is 41.6 Å². The van der Waals surface area contributed by atoms with Crippen LogP contribution in [0.5, 0.6) is 0 Å². The van der Waals surface area contributed by atoms with E-state index in [0.717, 1.165) is 26.9 Å². The number of pyridine rings is 1. The summed E-state index contributed by atoms with van der Waals surface area (Å²) in [4.78, 5) is 11.8. The van der Waals surface area contributed by atoms with E-state index in [2.05, 4.69) is 30.9 Å². The molecule has 4 heteroatoms. The fraction of sp³-hybridized carbons (Fsp3) is 0. The molecule has 78 valence electrons. The van der Waals surface area contributed by atoms with Crippen molar-refractivity contribution in [1.82, 2.24) is 15.0 Å². The third-order valence-electron chi connectivity index (χ3n) is 2.41. The Morgan fingerprint density at radius 2 is 2.00 bits per heavy atom. The number of hydrogen-bond donors (Lipinski definition) is 1. The summed E-state index contributed by atoms with van der Waals surface area (Å²) in [6, 6.07) is 9.89. The minimum atomic E-state index is 0.857.